The Bertz CT molecular complexity index is 736. The van der Waals surface area contributed by atoms with Crippen molar-refractivity contribution < 1.29 is 13.9 Å². The van der Waals surface area contributed by atoms with Gasteiger partial charge in [0.1, 0.15) is 11.4 Å². The van der Waals surface area contributed by atoms with Crippen molar-refractivity contribution in [1.29, 1.82) is 0 Å². The van der Waals surface area contributed by atoms with Gasteiger partial charge in [0.2, 0.25) is 0 Å². The van der Waals surface area contributed by atoms with Gasteiger partial charge in [0, 0.05) is 30.8 Å². The molecule has 3 rings (SSSR count). The molecule has 0 spiro atoms. The van der Waals surface area contributed by atoms with E-state index in [4.69, 9.17) is 4.74 Å². The quantitative estimate of drug-likeness (QED) is 0.877. The van der Waals surface area contributed by atoms with Crippen LogP contribution in [0.4, 0.5) is 9.18 Å². The molecule has 6 nitrogen and oxygen atoms in total. The van der Waals surface area contributed by atoms with Crippen LogP contribution in [0.3, 0.4) is 0 Å². The first kappa shape index (κ1) is 17.4. The fourth-order valence-electron chi connectivity index (χ4n) is 2.86. The number of piperazine rings is 1. The van der Waals surface area contributed by atoms with Crippen molar-refractivity contribution in [2.75, 3.05) is 19.6 Å². The highest BCUT2D eigenvalue weighted by molar-refractivity contribution is 5.69. The van der Waals surface area contributed by atoms with Crippen molar-refractivity contribution in [3.05, 3.63) is 41.8 Å². The van der Waals surface area contributed by atoms with Crippen LogP contribution >= 0.6 is 0 Å². The summed E-state index contributed by atoms with van der Waals surface area (Å²) in [7, 11) is 0. The summed E-state index contributed by atoms with van der Waals surface area (Å²) in [5.41, 5.74) is 2.10. The van der Waals surface area contributed by atoms with Gasteiger partial charge in [-0.25, -0.2) is 9.18 Å². The third kappa shape index (κ3) is 4.17. The lowest BCUT2D eigenvalue weighted by atomic mass is 10.0. The van der Waals surface area contributed by atoms with Crippen LogP contribution in [0, 0.1) is 5.82 Å². The minimum atomic E-state index is -0.521. The number of H-pyrrole nitrogens is 1. The van der Waals surface area contributed by atoms with Crippen LogP contribution in [0.15, 0.2) is 30.5 Å². The maximum absolute atomic E-state index is 13.2. The van der Waals surface area contributed by atoms with Gasteiger partial charge in [0.25, 0.3) is 0 Å². The molecule has 7 heteroatoms. The third-order valence-corrected chi connectivity index (χ3v) is 4.00. The molecule has 0 saturated carbocycles. The van der Waals surface area contributed by atoms with E-state index in [1.54, 1.807) is 23.2 Å². The SMILES string of the molecule is CC(C)(C)OC(=O)N1CCNC(c2cn[nH]c2-c2ccc(F)cc2)C1. The second-order valence-electron chi connectivity index (χ2n) is 7.14. The molecule has 1 fully saturated rings. The van der Waals surface area contributed by atoms with Crippen LogP contribution in [0.2, 0.25) is 0 Å². The highest BCUT2D eigenvalue weighted by atomic mass is 19.1. The highest BCUT2D eigenvalue weighted by Crippen LogP contribution is 2.28. The van der Waals surface area contributed by atoms with Crippen LogP contribution in [0.5, 0.6) is 0 Å². The first-order valence-electron chi connectivity index (χ1n) is 8.34. The van der Waals surface area contributed by atoms with E-state index in [1.165, 1.54) is 12.1 Å². The minimum absolute atomic E-state index is 0.0694. The molecular weight excluding hydrogens is 323 g/mol. The van der Waals surface area contributed by atoms with Crippen LogP contribution in [-0.2, 0) is 4.74 Å². The van der Waals surface area contributed by atoms with Crippen molar-refractivity contribution in [2.45, 2.75) is 32.4 Å². The van der Waals surface area contributed by atoms with E-state index in [0.29, 0.717) is 19.6 Å². The van der Waals surface area contributed by atoms with E-state index in [-0.39, 0.29) is 18.0 Å². The lowest BCUT2D eigenvalue weighted by Gasteiger charge is -2.35. The van der Waals surface area contributed by atoms with E-state index >= 15 is 0 Å². The van der Waals surface area contributed by atoms with Crippen LogP contribution in [0.1, 0.15) is 32.4 Å². The van der Waals surface area contributed by atoms with Gasteiger partial charge in [-0.05, 0) is 45.0 Å². The monoisotopic (exact) mass is 346 g/mol. The van der Waals surface area contributed by atoms with E-state index in [1.807, 2.05) is 20.8 Å². The average molecular weight is 346 g/mol. The summed E-state index contributed by atoms with van der Waals surface area (Å²) in [4.78, 5) is 14.0. The van der Waals surface area contributed by atoms with Gasteiger partial charge in [-0.15, -0.1) is 0 Å². The molecule has 134 valence electrons. The number of hydrogen-bond donors (Lipinski definition) is 2. The number of halogens is 1. The highest BCUT2D eigenvalue weighted by Gasteiger charge is 2.29. The van der Waals surface area contributed by atoms with Crippen molar-refractivity contribution in [3.63, 3.8) is 0 Å². The van der Waals surface area contributed by atoms with E-state index in [2.05, 4.69) is 15.5 Å². The molecule has 0 radical (unpaired) electrons. The fraction of sp³-hybridized carbons (Fsp3) is 0.444. The maximum atomic E-state index is 13.2. The number of carbonyl (C=O) groups is 1. The number of aromatic nitrogens is 2. The van der Waals surface area contributed by atoms with Gasteiger partial charge < -0.3 is 15.0 Å². The molecule has 0 bridgehead atoms. The molecule has 2 heterocycles. The van der Waals surface area contributed by atoms with Gasteiger partial charge in [-0.1, -0.05) is 0 Å². The Morgan fingerprint density at radius 1 is 1.32 bits per heavy atom. The van der Waals surface area contributed by atoms with Gasteiger partial charge in [-0.3, -0.25) is 5.10 Å². The summed E-state index contributed by atoms with van der Waals surface area (Å²) in [6.45, 7) is 7.31. The molecular formula is C18H23FN4O2. The molecule has 1 amide bonds. The van der Waals surface area contributed by atoms with Gasteiger partial charge in [0.05, 0.1) is 17.9 Å². The average Bonchev–Trinajstić information content (AvgIpc) is 3.04. The lowest BCUT2D eigenvalue weighted by molar-refractivity contribution is 0.0195. The van der Waals surface area contributed by atoms with E-state index in [9.17, 15) is 9.18 Å². The molecule has 0 aliphatic carbocycles. The van der Waals surface area contributed by atoms with Gasteiger partial charge in [0.15, 0.2) is 0 Å². The second-order valence-corrected chi connectivity index (χ2v) is 7.14. The van der Waals surface area contributed by atoms with Crippen LogP contribution in [-0.4, -0.2) is 46.4 Å². The summed E-state index contributed by atoms with van der Waals surface area (Å²) in [5, 5.41) is 10.5. The molecule has 1 aliphatic rings. The number of rotatable bonds is 2. The predicted molar refractivity (Wildman–Crippen MR) is 92.5 cm³/mol. The first-order valence-corrected chi connectivity index (χ1v) is 8.34. The summed E-state index contributed by atoms with van der Waals surface area (Å²) < 4.78 is 18.6. The molecule has 1 aliphatic heterocycles. The van der Waals surface area contributed by atoms with E-state index in [0.717, 1.165) is 16.8 Å². The second kappa shape index (κ2) is 6.84. The summed E-state index contributed by atoms with van der Waals surface area (Å²) in [6, 6.07) is 6.18. The Balaban J connectivity index is 1.77. The molecule has 1 aromatic heterocycles. The maximum Gasteiger partial charge on any atom is 0.410 e. The Morgan fingerprint density at radius 2 is 2.04 bits per heavy atom. The van der Waals surface area contributed by atoms with Crippen molar-refractivity contribution >= 4 is 6.09 Å². The molecule has 25 heavy (non-hydrogen) atoms. The zero-order valence-corrected chi connectivity index (χ0v) is 14.7. The number of carbonyl (C=O) groups excluding carboxylic acids is 1. The number of benzene rings is 1. The normalized spacial score (nSPS) is 18.2. The van der Waals surface area contributed by atoms with Gasteiger partial charge >= 0.3 is 6.09 Å². The number of hydrogen-bond acceptors (Lipinski definition) is 4. The molecule has 1 atom stereocenters. The molecule has 2 N–H and O–H groups in total. The third-order valence-electron chi connectivity index (χ3n) is 4.00. The molecule has 1 unspecified atom stereocenters. The Morgan fingerprint density at radius 3 is 2.72 bits per heavy atom. The topological polar surface area (TPSA) is 70.2 Å². The lowest BCUT2D eigenvalue weighted by Crippen LogP contribution is -2.49. The number of ether oxygens (including phenoxy) is 1. The summed E-state index contributed by atoms with van der Waals surface area (Å²) in [6.07, 6.45) is 1.43. The Hall–Kier alpha value is -2.41. The number of amides is 1. The number of nitrogens with one attached hydrogen (secondary N) is 2. The Labute approximate surface area is 146 Å². The summed E-state index contributed by atoms with van der Waals surface area (Å²) in [5.74, 6) is -0.281. The zero-order valence-electron chi connectivity index (χ0n) is 14.7. The fourth-order valence-corrected chi connectivity index (χ4v) is 2.86. The van der Waals surface area contributed by atoms with Gasteiger partial charge in [-0.2, -0.15) is 5.10 Å². The van der Waals surface area contributed by atoms with Crippen LogP contribution < -0.4 is 5.32 Å². The smallest absolute Gasteiger partial charge is 0.410 e. The largest absolute Gasteiger partial charge is 0.444 e. The number of nitrogens with zero attached hydrogens (tertiary/aromatic N) is 2. The van der Waals surface area contributed by atoms with Crippen molar-refractivity contribution in [1.82, 2.24) is 20.4 Å². The zero-order chi connectivity index (χ0) is 18.0. The predicted octanol–water partition coefficient (Wildman–Crippen LogP) is 3.10. The molecule has 2 aromatic rings. The molecule has 1 aromatic carbocycles. The Kier molecular flexibility index (Phi) is 4.76. The van der Waals surface area contributed by atoms with Crippen molar-refractivity contribution in [2.24, 2.45) is 0 Å². The number of aromatic amines is 1. The van der Waals surface area contributed by atoms with E-state index < -0.39 is 5.60 Å². The first-order chi connectivity index (χ1) is 11.8. The summed E-state index contributed by atoms with van der Waals surface area (Å²) >= 11 is 0. The molecule has 1 saturated heterocycles. The van der Waals surface area contributed by atoms with Crippen LogP contribution in [0.25, 0.3) is 11.3 Å². The minimum Gasteiger partial charge on any atom is -0.444 e. The standard InChI is InChI=1S/C18H23FN4O2/c1-18(2,3)25-17(24)23-9-8-20-15(11-23)14-10-21-22-16(14)12-4-6-13(19)7-5-12/h4-7,10,15,20H,8-9,11H2,1-3H3,(H,21,22). The van der Waals surface area contributed by atoms with Crippen molar-refractivity contribution in [3.8, 4) is 11.3 Å².